The van der Waals surface area contributed by atoms with Crippen molar-refractivity contribution in [3.8, 4) is 0 Å². The van der Waals surface area contributed by atoms with Gasteiger partial charge in [0.25, 0.3) is 0 Å². The number of hydrogen-bond acceptors (Lipinski definition) is 3. The fraction of sp³-hybridized carbons (Fsp3) is 1.00. The minimum absolute atomic E-state index is 0.257. The Bertz CT molecular complexity index is 213. The van der Waals surface area contributed by atoms with Crippen molar-refractivity contribution in [2.24, 2.45) is 10.8 Å². The molecule has 0 spiro atoms. The molecule has 0 saturated carbocycles. The van der Waals surface area contributed by atoms with Crippen molar-refractivity contribution in [3.05, 3.63) is 0 Å². The monoisotopic (exact) mass is 302 g/mol. The van der Waals surface area contributed by atoms with Crippen molar-refractivity contribution in [2.75, 3.05) is 26.4 Å². The van der Waals surface area contributed by atoms with Crippen molar-refractivity contribution in [1.82, 2.24) is 0 Å². The van der Waals surface area contributed by atoms with E-state index in [9.17, 15) is 0 Å². The highest BCUT2D eigenvalue weighted by atomic mass is 16.5. The molecule has 2 N–H and O–H groups in total. The van der Waals surface area contributed by atoms with E-state index >= 15 is 0 Å². The largest absolute Gasteiger partial charge is 0.396 e. The molecule has 0 radical (unpaired) electrons. The van der Waals surface area contributed by atoms with E-state index in [0.717, 1.165) is 51.7 Å². The van der Waals surface area contributed by atoms with Crippen molar-refractivity contribution < 1.29 is 14.9 Å². The van der Waals surface area contributed by atoms with Crippen LogP contribution in [0.5, 0.6) is 0 Å². The van der Waals surface area contributed by atoms with Gasteiger partial charge in [0.15, 0.2) is 0 Å². The molecule has 0 aromatic heterocycles. The fourth-order valence-corrected chi connectivity index (χ4v) is 2.57. The molecule has 21 heavy (non-hydrogen) atoms. The van der Waals surface area contributed by atoms with Gasteiger partial charge in [-0.25, -0.2) is 0 Å². The predicted octanol–water partition coefficient (Wildman–Crippen LogP) is 4.16. The Morgan fingerprint density at radius 3 is 1.33 bits per heavy atom. The van der Waals surface area contributed by atoms with Crippen molar-refractivity contribution in [3.63, 3.8) is 0 Å². The molecule has 0 unspecified atom stereocenters. The number of aliphatic hydroxyl groups excluding tert-OH is 2. The van der Waals surface area contributed by atoms with Crippen LogP contribution in [-0.4, -0.2) is 36.6 Å². The number of aliphatic hydroxyl groups is 2. The fourth-order valence-electron chi connectivity index (χ4n) is 2.57. The lowest BCUT2D eigenvalue weighted by Gasteiger charge is -2.23. The molecule has 0 saturated heterocycles. The normalized spacial score (nSPS) is 12.9. The van der Waals surface area contributed by atoms with Gasteiger partial charge in [0, 0.05) is 26.4 Å². The van der Waals surface area contributed by atoms with E-state index in [-0.39, 0.29) is 24.0 Å². The molecule has 0 aliphatic rings. The molecule has 0 heterocycles. The SMILES string of the molecule is CC(C)(CCO)CCCCOCCCCC(C)(C)CCO. The first kappa shape index (κ1) is 20.9. The first-order valence-electron chi connectivity index (χ1n) is 8.62. The Balaban J connectivity index is 3.37. The quantitative estimate of drug-likeness (QED) is 0.474. The molecule has 0 aliphatic carbocycles. The summed E-state index contributed by atoms with van der Waals surface area (Å²) in [4.78, 5) is 0. The summed E-state index contributed by atoms with van der Waals surface area (Å²) in [5, 5.41) is 18.0. The van der Waals surface area contributed by atoms with Gasteiger partial charge in [-0.2, -0.15) is 0 Å². The number of unbranched alkanes of at least 4 members (excludes halogenated alkanes) is 2. The lowest BCUT2D eigenvalue weighted by atomic mass is 9.84. The summed E-state index contributed by atoms with van der Waals surface area (Å²) < 4.78 is 5.68. The van der Waals surface area contributed by atoms with Gasteiger partial charge in [0.05, 0.1) is 0 Å². The number of rotatable bonds is 14. The van der Waals surface area contributed by atoms with Crippen LogP contribution >= 0.6 is 0 Å². The van der Waals surface area contributed by atoms with Gasteiger partial charge in [0.2, 0.25) is 0 Å². The highest BCUT2D eigenvalue weighted by Gasteiger charge is 2.16. The van der Waals surface area contributed by atoms with Gasteiger partial charge in [0.1, 0.15) is 0 Å². The van der Waals surface area contributed by atoms with E-state index in [1.807, 2.05) is 0 Å². The lowest BCUT2D eigenvalue weighted by Crippen LogP contribution is -2.14. The third-order valence-corrected chi connectivity index (χ3v) is 4.36. The number of ether oxygens (including phenoxy) is 1. The van der Waals surface area contributed by atoms with Crippen LogP contribution in [0.1, 0.15) is 79.1 Å². The summed E-state index contributed by atoms with van der Waals surface area (Å²) >= 11 is 0. The minimum atomic E-state index is 0.257. The Hall–Kier alpha value is -0.120. The predicted molar refractivity (Wildman–Crippen MR) is 89.5 cm³/mol. The molecule has 0 atom stereocenters. The van der Waals surface area contributed by atoms with Gasteiger partial charge < -0.3 is 14.9 Å². The summed E-state index contributed by atoms with van der Waals surface area (Å²) in [6.07, 6.45) is 8.68. The van der Waals surface area contributed by atoms with Gasteiger partial charge in [-0.05, 0) is 49.4 Å². The van der Waals surface area contributed by atoms with E-state index in [4.69, 9.17) is 14.9 Å². The second-order valence-corrected chi connectivity index (χ2v) is 7.80. The zero-order chi connectivity index (χ0) is 16.2. The highest BCUT2D eigenvalue weighted by molar-refractivity contribution is 4.68. The van der Waals surface area contributed by atoms with Gasteiger partial charge in [-0.15, -0.1) is 0 Å². The minimum Gasteiger partial charge on any atom is -0.396 e. The Morgan fingerprint density at radius 1 is 0.619 bits per heavy atom. The molecule has 3 heteroatoms. The van der Waals surface area contributed by atoms with E-state index in [2.05, 4.69) is 27.7 Å². The molecule has 0 rings (SSSR count). The third-order valence-electron chi connectivity index (χ3n) is 4.36. The maximum Gasteiger partial charge on any atom is 0.0466 e. The summed E-state index contributed by atoms with van der Waals surface area (Å²) in [7, 11) is 0. The Kier molecular flexibility index (Phi) is 11.4. The highest BCUT2D eigenvalue weighted by Crippen LogP contribution is 2.27. The van der Waals surface area contributed by atoms with Gasteiger partial charge in [-0.1, -0.05) is 40.5 Å². The van der Waals surface area contributed by atoms with E-state index in [0.29, 0.717) is 0 Å². The summed E-state index contributed by atoms with van der Waals surface area (Å²) in [5.74, 6) is 0. The molecule has 3 nitrogen and oxygen atoms in total. The van der Waals surface area contributed by atoms with Crippen LogP contribution in [0.15, 0.2) is 0 Å². The standard InChI is InChI=1S/C18H38O3/c1-17(2,11-13-19)9-5-7-15-21-16-8-6-10-18(3,4)12-14-20/h19-20H,5-16H2,1-4H3. The van der Waals surface area contributed by atoms with Crippen molar-refractivity contribution >= 4 is 0 Å². The van der Waals surface area contributed by atoms with Crippen LogP contribution in [0.2, 0.25) is 0 Å². The molecular weight excluding hydrogens is 264 g/mol. The smallest absolute Gasteiger partial charge is 0.0466 e. The summed E-state index contributed by atoms with van der Waals surface area (Å²) in [6, 6.07) is 0. The van der Waals surface area contributed by atoms with Crippen LogP contribution in [0, 0.1) is 10.8 Å². The first-order valence-corrected chi connectivity index (χ1v) is 8.62. The molecule has 0 aliphatic heterocycles. The average molecular weight is 302 g/mol. The zero-order valence-corrected chi connectivity index (χ0v) is 14.8. The zero-order valence-electron chi connectivity index (χ0n) is 14.8. The Labute approximate surface area is 132 Å². The average Bonchev–Trinajstić information content (AvgIpc) is 2.36. The molecule has 0 aromatic carbocycles. The van der Waals surface area contributed by atoms with E-state index in [1.54, 1.807) is 0 Å². The lowest BCUT2D eigenvalue weighted by molar-refractivity contribution is 0.117. The van der Waals surface area contributed by atoms with Crippen LogP contribution in [0.25, 0.3) is 0 Å². The van der Waals surface area contributed by atoms with Gasteiger partial charge >= 0.3 is 0 Å². The molecule has 0 fully saturated rings. The third kappa shape index (κ3) is 13.3. The topological polar surface area (TPSA) is 49.7 Å². The molecule has 128 valence electrons. The second-order valence-electron chi connectivity index (χ2n) is 7.80. The van der Waals surface area contributed by atoms with Crippen molar-refractivity contribution in [1.29, 1.82) is 0 Å². The maximum absolute atomic E-state index is 8.98. The molecular formula is C18H38O3. The van der Waals surface area contributed by atoms with Gasteiger partial charge in [-0.3, -0.25) is 0 Å². The van der Waals surface area contributed by atoms with E-state index < -0.39 is 0 Å². The molecule has 0 amide bonds. The van der Waals surface area contributed by atoms with Crippen LogP contribution in [0.4, 0.5) is 0 Å². The summed E-state index contributed by atoms with van der Waals surface area (Å²) in [5.41, 5.74) is 0.514. The Morgan fingerprint density at radius 2 is 1.00 bits per heavy atom. The van der Waals surface area contributed by atoms with E-state index in [1.165, 1.54) is 12.8 Å². The number of hydrogen-bond donors (Lipinski definition) is 2. The van der Waals surface area contributed by atoms with Crippen LogP contribution in [0.3, 0.4) is 0 Å². The summed E-state index contributed by atoms with van der Waals surface area (Å²) in [6.45, 7) is 11.2. The molecule has 0 aromatic rings. The van der Waals surface area contributed by atoms with Crippen molar-refractivity contribution in [2.45, 2.75) is 79.1 Å². The first-order chi connectivity index (χ1) is 9.83. The maximum atomic E-state index is 8.98. The van der Waals surface area contributed by atoms with Crippen LogP contribution in [-0.2, 0) is 4.74 Å². The second kappa shape index (κ2) is 11.4. The molecule has 0 bridgehead atoms. The van der Waals surface area contributed by atoms with Crippen LogP contribution < -0.4 is 0 Å².